The molecule has 2 N–H and O–H groups in total. The predicted molar refractivity (Wildman–Crippen MR) is 98.2 cm³/mol. The maximum atomic E-state index is 10.6. The second-order valence-corrected chi connectivity index (χ2v) is 7.40. The molecule has 1 heterocycles. The van der Waals surface area contributed by atoms with Gasteiger partial charge in [-0.2, -0.15) is 0 Å². The molecule has 0 bridgehead atoms. The molecule has 1 aliphatic heterocycles. The van der Waals surface area contributed by atoms with E-state index in [1.807, 2.05) is 12.1 Å². The Morgan fingerprint density at radius 2 is 1.68 bits per heavy atom. The summed E-state index contributed by atoms with van der Waals surface area (Å²) in [6.45, 7) is 2.02. The van der Waals surface area contributed by atoms with Crippen LogP contribution in [0.3, 0.4) is 0 Å². The highest BCUT2D eigenvalue weighted by Crippen LogP contribution is 2.36. The third-order valence-electron chi connectivity index (χ3n) is 5.87. The summed E-state index contributed by atoms with van der Waals surface area (Å²) in [4.78, 5) is 13.2. The van der Waals surface area contributed by atoms with Crippen LogP contribution < -0.4 is 10.1 Å². The zero-order valence-corrected chi connectivity index (χ0v) is 15.1. The second kappa shape index (κ2) is 8.68. The Labute approximate surface area is 150 Å². The van der Waals surface area contributed by atoms with Gasteiger partial charge in [0.25, 0.3) is 0 Å². The van der Waals surface area contributed by atoms with Crippen LogP contribution in [0.25, 0.3) is 0 Å². The topological polar surface area (TPSA) is 61.8 Å². The van der Waals surface area contributed by atoms with Crippen molar-refractivity contribution in [3.8, 4) is 5.75 Å². The van der Waals surface area contributed by atoms with Gasteiger partial charge >= 0.3 is 5.97 Å². The number of benzene rings is 1. The minimum atomic E-state index is -0.944. The summed E-state index contributed by atoms with van der Waals surface area (Å²) < 4.78 is 5.21. The summed E-state index contributed by atoms with van der Waals surface area (Å²) in [5.74, 6) is 0.303. The summed E-state index contributed by atoms with van der Waals surface area (Å²) in [5, 5.41) is 12.1. The molecule has 138 valence electrons. The molecular weight excluding hydrogens is 316 g/mol. The Balaban J connectivity index is 1.49. The van der Waals surface area contributed by atoms with E-state index >= 15 is 0 Å². The quantitative estimate of drug-likeness (QED) is 0.829. The molecular formula is C20H30N2O3. The Kier molecular flexibility index (Phi) is 6.32. The number of carbonyl (C=O) groups is 1. The molecule has 2 fully saturated rings. The van der Waals surface area contributed by atoms with Crippen molar-refractivity contribution in [1.82, 2.24) is 10.2 Å². The first-order valence-electron chi connectivity index (χ1n) is 9.50. The lowest BCUT2D eigenvalue weighted by Crippen LogP contribution is -2.46. The fourth-order valence-corrected chi connectivity index (χ4v) is 4.31. The number of nitrogens with zero attached hydrogens (tertiary/aromatic N) is 1. The van der Waals surface area contributed by atoms with Gasteiger partial charge in [-0.1, -0.05) is 12.1 Å². The first-order chi connectivity index (χ1) is 12.1. The van der Waals surface area contributed by atoms with Crippen LogP contribution in [0, 0.1) is 0 Å². The Morgan fingerprint density at radius 1 is 1.08 bits per heavy atom. The van der Waals surface area contributed by atoms with Gasteiger partial charge in [-0.05, 0) is 82.3 Å². The predicted octanol–water partition coefficient (Wildman–Crippen LogP) is 2.86. The molecule has 1 saturated carbocycles. The average molecular weight is 346 g/mol. The van der Waals surface area contributed by atoms with Crippen molar-refractivity contribution < 1.29 is 14.6 Å². The van der Waals surface area contributed by atoms with Crippen LogP contribution in [-0.4, -0.2) is 54.8 Å². The summed E-state index contributed by atoms with van der Waals surface area (Å²) in [6.07, 6.45) is 7.54. The van der Waals surface area contributed by atoms with E-state index < -0.39 is 5.97 Å². The van der Waals surface area contributed by atoms with Crippen molar-refractivity contribution in [1.29, 1.82) is 0 Å². The van der Waals surface area contributed by atoms with E-state index in [2.05, 4.69) is 29.4 Å². The van der Waals surface area contributed by atoms with E-state index in [-0.39, 0.29) is 6.61 Å². The van der Waals surface area contributed by atoms with E-state index in [1.54, 1.807) is 0 Å². The van der Waals surface area contributed by atoms with Crippen LogP contribution in [0.2, 0.25) is 0 Å². The molecule has 3 rings (SSSR count). The molecule has 0 amide bonds. The number of nitrogens with one attached hydrogen (secondary N) is 1. The highest BCUT2D eigenvalue weighted by Gasteiger charge is 2.29. The van der Waals surface area contributed by atoms with Gasteiger partial charge in [0.1, 0.15) is 5.75 Å². The Hall–Kier alpha value is -1.59. The van der Waals surface area contributed by atoms with Gasteiger partial charge < -0.3 is 20.1 Å². The zero-order valence-electron chi connectivity index (χ0n) is 15.1. The van der Waals surface area contributed by atoms with Gasteiger partial charge in [0.05, 0.1) is 0 Å². The van der Waals surface area contributed by atoms with Crippen molar-refractivity contribution in [2.75, 3.05) is 26.7 Å². The largest absolute Gasteiger partial charge is 0.482 e. The third-order valence-corrected chi connectivity index (χ3v) is 5.87. The fraction of sp³-hybridized carbons (Fsp3) is 0.650. The standard InChI is InChI=1S/C20H30N2O3/c1-22(18-10-12-21-13-11-18)17-6-2-15(3-7-17)16-4-8-19(9-5-16)25-14-20(23)24/h4-5,8-9,15,17-18,21H,2-3,6-7,10-14H2,1H3,(H,23,24). The lowest BCUT2D eigenvalue weighted by molar-refractivity contribution is -0.139. The van der Waals surface area contributed by atoms with Crippen LogP contribution >= 0.6 is 0 Å². The van der Waals surface area contributed by atoms with Gasteiger partial charge in [0.2, 0.25) is 0 Å². The number of carboxylic acid groups (broad SMARTS) is 1. The number of carboxylic acids is 1. The SMILES string of the molecule is CN(C1CCNCC1)C1CCC(c2ccc(OCC(=O)O)cc2)CC1. The van der Waals surface area contributed by atoms with Crippen molar-refractivity contribution in [3.63, 3.8) is 0 Å². The van der Waals surface area contributed by atoms with Crippen molar-refractivity contribution in [3.05, 3.63) is 29.8 Å². The molecule has 0 atom stereocenters. The number of rotatable bonds is 6. The van der Waals surface area contributed by atoms with E-state index in [4.69, 9.17) is 9.84 Å². The number of ether oxygens (including phenoxy) is 1. The number of hydrogen-bond acceptors (Lipinski definition) is 4. The number of aliphatic carboxylic acids is 1. The maximum absolute atomic E-state index is 10.6. The summed E-state index contributed by atoms with van der Waals surface area (Å²) in [6, 6.07) is 9.44. The van der Waals surface area contributed by atoms with Crippen LogP contribution in [-0.2, 0) is 4.79 Å². The molecule has 1 aromatic rings. The molecule has 25 heavy (non-hydrogen) atoms. The van der Waals surface area contributed by atoms with Crippen molar-refractivity contribution >= 4 is 5.97 Å². The van der Waals surface area contributed by atoms with Gasteiger partial charge in [-0.25, -0.2) is 4.79 Å². The molecule has 0 radical (unpaired) electrons. The molecule has 0 unspecified atom stereocenters. The summed E-state index contributed by atoms with van der Waals surface area (Å²) in [5.41, 5.74) is 1.35. The molecule has 5 heteroatoms. The van der Waals surface area contributed by atoms with E-state index in [0.29, 0.717) is 11.7 Å². The van der Waals surface area contributed by atoms with E-state index in [0.717, 1.165) is 25.2 Å². The average Bonchev–Trinajstić information content (AvgIpc) is 2.67. The van der Waals surface area contributed by atoms with Gasteiger partial charge in [0, 0.05) is 12.1 Å². The van der Waals surface area contributed by atoms with Crippen LogP contribution in [0.5, 0.6) is 5.75 Å². The molecule has 1 aromatic carbocycles. The highest BCUT2D eigenvalue weighted by atomic mass is 16.5. The normalized spacial score (nSPS) is 25.0. The van der Waals surface area contributed by atoms with E-state index in [9.17, 15) is 4.79 Å². The maximum Gasteiger partial charge on any atom is 0.341 e. The van der Waals surface area contributed by atoms with Gasteiger partial charge in [-0.3, -0.25) is 0 Å². The lowest BCUT2D eigenvalue weighted by atomic mass is 9.81. The fourth-order valence-electron chi connectivity index (χ4n) is 4.31. The van der Waals surface area contributed by atoms with Crippen LogP contribution in [0.1, 0.15) is 50.0 Å². The molecule has 1 aliphatic carbocycles. The van der Waals surface area contributed by atoms with Crippen molar-refractivity contribution in [2.24, 2.45) is 0 Å². The van der Waals surface area contributed by atoms with Crippen LogP contribution in [0.15, 0.2) is 24.3 Å². The minimum Gasteiger partial charge on any atom is -0.482 e. The zero-order chi connectivity index (χ0) is 17.6. The first-order valence-corrected chi connectivity index (χ1v) is 9.50. The summed E-state index contributed by atoms with van der Waals surface area (Å²) >= 11 is 0. The first kappa shape index (κ1) is 18.2. The summed E-state index contributed by atoms with van der Waals surface area (Å²) in [7, 11) is 2.32. The third kappa shape index (κ3) is 4.95. The number of piperidine rings is 1. The smallest absolute Gasteiger partial charge is 0.341 e. The van der Waals surface area contributed by atoms with Crippen LogP contribution in [0.4, 0.5) is 0 Å². The minimum absolute atomic E-state index is 0.284. The monoisotopic (exact) mass is 346 g/mol. The number of hydrogen-bond donors (Lipinski definition) is 2. The molecule has 0 spiro atoms. The molecule has 5 nitrogen and oxygen atoms in total. The lowest BCUT2D eigenvalue weighted by Gasteiger charge is -2.40. The Bertz CT molecular complexity index is 547. The van der Waals surface area contributed by atoms with E-state index in [1.165, 1.54) is 44.1 Å². The van der Waals surface area contributed by atoms with Gasteiger partial charge in [0.15, 0.2) is 6.61 Å². The second-order valence-electron chi connectivity index (χ2n) is 7.40. The highest BCUT2D eigenvalue weighted by molar-refractivity contribution is 5.68. The Morgan fingerprint density at radius 3 is 2.28 bits per heavy atom. The van der Waals surface area contributed by atoms with Crippen molar-refractivity contribution in [2.45, 2.75) is 56.5 Å². The molecule has 2 aliphatic rings. The molecule has 1 saturated heterocycles. The van der Waals surface area contributed by atoms with Gasteiger partial charge in [-0.15, -0.1) is 0 Å². The molecule has 0 aromatic heterocycles.